The lowest BCUT2D eigenvalue weighted by atomic mass is 10.0. The highest BCUT2D eigenvalue weighted by Crippen LogP contribution is 2.21. The van der Waals surface area contributed by atoms with E-state index in [1.165, 1.54) is 0 Å². The maximum Gasteiger partial charge on any atom is 0.189 e. The molecule has 0 saturated carbocycles. The summed E-state index contributed by atoms with van der Waals surface area (Å²) in [7, 11) is 0. The van der Waals surface area contributed by atoms with Crippen LogP contribution in [0.1, 0.15) is 0 Å². The Morgan fingerprint density at radius 2 is 1.75 bits per heavy atom. The van der Waals surface area contributed by atoms with Crippen molar-refractivity contribution in [3.63, 3.8) is 0 Å². The molecule has 6 heteroatoms. The van der Waals surface area contributed by atoms with Gasteiger partial charge in [0, 0.05) is 0 Å². The minimum atomic E-state index is -2.04. The second-order valence-corrected chi connectivity index (χ2v) is 2.67. The molecule has 0 bridgehead atoms. The van der Waals surface area contributed by atoms with Gasteiger partial charge in [0.05, 0.1) is 6.61 Å². The van der Waals surface area contributed by atoms with Crippen LogP contribution in [0.3, 0.4) is 0 Å². The molecular formula is C6H11FO5. The molecule has 1 rings (SSSR count). The summed E-state index contributed by atoms with van der Waals surface area (Å²) < 4.78 is 17.1. The first kappa shape index (κ1) is 9.82. The molecule has 5 atom stereocenters. The van der Waals surface area contributed by atoms with Crippen LogP contribution in [0.4, 0.5) is 4.39 Å². The summed E-state index contributed by atoms with van der Waals surface area (Å²) in [6.45, 7) is -0.581. The van der Waals surface area contributed by atoms with Crippen molar-refractivity contribution in [2.45, 2.75) is 30.8 Å². The second kappa shape index (κ2) is 3.63. The monoisotopic (exact) mass is 182 g/mol. The van der Waals surface area contributed by atoms with E-state index in [0.717, 1.165) is 0 Å². The molecule has 1 heterocycles. The van der Waals surface area contributed by atoms with Crippen LogP contribution in [0.25, 0.3) is 0 Å². The van der Waals surface area contributed by atoms with E-state index >= 15 is 0 Å². The van der Waals surface area contributed by atoms with E-state index in [2.05, 4.69) is 4.74 Å². The highest BCUT2D eigenvalue weighted by Gasteiger charge is 2.43. The first-order chi connectivity index (χ1) is 5.57. The molecule has 0 spiro atoms. The molecule has 0 aliphatic carbocycles. The number of halogens is 1. The summed E-state index contributed by atoms with van der Waals surface area (Å²) in [5.74, 6) is 0. The van der Waals surface area contributed by atoms with Gasteiger partial charge >= 0.3 is 0 Å². The van der Waals surface area contributed by atoms with E-state index in [9.17, 15) is 4.39 Å². The Morgan fingerprint density at radius 3 is 2.25 bits per heavy atom. The summed E-state index contributed by atoms with van der Waals surface area (Å²) in [4.78, 5) is 0. The zero-order valence-electron chi connectivity index (χ0n) is 6.17. The zero-order valence-corrected chi connectivity index (χ0v) is 6.17. The molecule has 72 valence electrons. The van der Waals surface area contributed by atoms with Gasteiger partial charge in [0.2, 0.25) is 0 Å². The molecule has 0 radical (unpaired) electrons. The minimum Gasteiger partial charge on any atom is -0.394 e. The predicted molar refractivity (Wildman–Crippen MR) is 34.9 cm³/mol. The molecule has 0 amide bonds. The largest absolute Gasteiger partial charge is 0.394 e. The van der Waals surface area contributed by atoms with E-state index in [4.69, 9.17) is 20.4 Å². The highest BCUT2D eigenvalue weighted by molar-refractivity contribution is 4.88. The second-order valence-electron chi connectivity index (χ2n) is 2.67. The Kier molecular flexibility index (Phi) is 2.97. The Bertz CT molecular complexity index is 150. The molecule has 1 aliphatic heterocycles. The van der Waals surface area contributed by atoms with Crippen LogP contribution in [0.5, 0.6) is 0 Å². The number of hydrogen-bond acceptors (Lipinski definition) is 5. The summed E-state index contributed by atoms with van der Waals surface area (Å²) in [5.41, 5.74) is 0. The van der Waals surface area contributed by atoms with Gasteiger partial charge in [0.25, 0.3) is 0 Å². The van der Waals surface area contributed by atoms with Gasteiger partial charge in [-0.05, 0) is 0 Å². The number of rotatable bonds is 1. The molecule has 0 aromatic carbocycles. The third kappa shape index (κ3) is 1.57. The zero-order chi connectivity index (χ0) is 9.30. The lowest BCUT2D eigenvalue weighted by Gasteiger charge is -2.36. The summed E-state index contributed by atoms with van der Waals surface area (Å²) in [5, 5.41) is 35.3. The van der Waals surface area contributed by atoms with Crippen molar-refractivity contribution < 1.29 is 29.6 Å². The maximum absolute atomic E-state index is 12.7. The van der Waals surface area contributed by atoms with E-state index in [1.54, 1.807) is 0 Å². The Morgan fingerprint density at radius 1 is 1.17 bits per heavy atom. The van der Waals surface area contributed by atoms with Crippen molar-refractivity contribution in [3.05, 3.63) is 0 Å². The fraction of sp³-hybridized carbons (Fsp3) is 1.00. The molecule has 1 unspecified atom stereocenters. The van der Waals surface area contributed by atoms with Gasteiger partial charge in [-0.3, -0.25) is 0 Å². The lowest BCUT2D eigenvalue weighted by molar-refractivity contribution is -0.271. The van der Waals surface area contributed by atoms with Crippen molar-refractivity contribution in [1.82, 2.24) is 0 Å². The number of aliphatic hydroxyl groups is 4. The van der Waals surface area contributed by atoms with E-state index in [0.29, 0.717) is 0 Å². The van der Waals surface area contributed by atoms with E-state index in [-0.39, 0.29) is 0 Å². The third-order valence-corrected chi connectivity index (χ3v) is 1.82. The molecule has 1 saturated heterocycles. The summed E-state index contributed by atoms with van der Waals surface area (Å²) >= 11 is 0. The molecular weight excluding hydrogens is 171 g/mol. The standard InChI is InChI=1S/C6H11FO5/c7-3-5(10)4(9)2(1-8)12-6(3)11/h2-6,8-11H,1H2/t2-,3-,4-,5+,6?/m1/s1. The fourth-order valence-corrected chi connectivity index (χ4v) is 1.06. The Hall–Kier alpha value is -0.270. The molecule has 4 N–H and O–H groups in total. The molecule has 5 nitrogen and oxygen atoms in total. The van der Waals surface area contributed by atoms with Crippen LogP contribution in [-0.4, -0.2) is 57.8 Å². The van der Waals surface area contributed by atoms with Gasteiger partial charge in [-0.2, -0.15) is 0 Å². The number of alkyl halides is 1. The molecule has 1 fully saturated rings. The summed E-state index contributed by atoms with van der Waals surface area (Å²) in [6.07, 6.45) is -8.19. The van der Waals surface area contributed by atoms with Crippen molar-refractivity contribution in [2.75, 3.05) is 6.61 Å². The Labute approximate surface area is 68.0 Å². The van der Waals surface area contributed by atoms with Crippen molar-refractivity contribution >= 4 is 0 Å². The predicted octanol–water partition coefficient (Wildman–Crippen LogP) is -2.24. The molecule has 12 heavy (non-hydrogen) atoms. The van der Waals surface area contributed by atoms with Crippen LogP contribution < -0.4 is 0 Å². The van der Waals surface area contributed by atoms with E-state index in [1.807, 2.05) is 0 Å². The average Bonchev–Trinajstić information content (AvgIpc) is 2.08. The topological polar surface area (TPSA) is 90.2 Å². The first-order valence-electron chi connectivity index (χ1n) is 3.52. The van der Waals surface area contributed by atoms with Crippen molar-refractivity contribution in [3.8, 4) is 0 Å². The minimum absolute atomic E-state index is 0.581. The smallest absolute Gasteiger partial charge is 0.189 e. The number of aliphatic hydroxyl groups excluding tert-OH is 4. The van der Waals surface area contributed by atoms with E-state index < -0.39 is 37.4 Å². The highest BCUT2D eigenvalue weighted by atomic mass is 19.1. The third-order valence-electron chi connectivity index (χ3n) is 1.82. The van der Waals surface area contributed by atoms with Gasteiger partial charge in [-0.15, -0.1) is 0 Å². The van der Waals surface area contributed by atoms with Gasteiger partial charge in [-0.25, -0.2) is 4.39 Å². The van der Waals surface area contributed by atoms with Crippen LogP contribution in [0, 0.1) is 0 Å². The number of ether oxygens (including phenoxy) is 1. The molecule has 1 aliphatic rings. The van der Waals surface area contributed by atoms with Gasteiger partial charge in [0.1, 0.15) is 18.3 Å². The Balaban J connectivity index is 2.63. The van der Waals surface area contributed by atoms with Crippen LogP contribution in [0.15, 0.2) is 0 Å². The maximum atomic E-state index is 12.7. The van der Waals surface area contributed by atoms with Crippen LogP contribution in [-0.2, 0) is 4.74 Å². The lowest BCUT2D eigenvalue weighted by Crippen LogP contribution is -2.56. The van der Waals surface area contributed by atoms with Crippen LogP contribution in [0.2, 0.25) is 0 Å². The SMILES string of the molecule is OC[C@H]1OC(O)[C@H](F)[C@H](O)[C@@H]1O. The quantitative estimate of drug-likeness (QED) is 0.368. The van der Waals surface area contributed by atoms with Crippen molar-refractivity contribution in [2.24, 2.45) is 0 Å². The molecule has 0 aromatic rings. The first-order valence-corrected chi connectivity index (χ1v) is 3.52. The van der Waals surface area contributed by atoms with Crippen LogP contribution >= 0.6 is 0 Å². The van der Waals surface area contributed by atoms with Gasteiger partial charge in [0.15, 0.2) is 12.5 Å². The van der Waals surface area contributed by atoms with Gasteiger partial charge in [-0.1, -0.05) is 0 Å². The molecule has 0 aromatic heterocycles. The van der Waals surface area contributed by atoms with Gasteiger partial charge < -0.3 is 25.2 Å². The fourth-order valence-electron chi connectivity index (χ4n) is 1.06. The average molecular weight is 182 g/mol. The normalized spacial score (nSPS) is 49.2. The van der Waals surface area contributed by atoms with Crippen molar-refractivity contribution in [1.29, 1.82) is 0 Å². The number of hydrogen-bond donors (Lipinski definition) is 4. The summed E-state index contributed by atoms with van der Waals surface area (Å²) in [6, 6.07) is 0.